The van der Waals surface area contributed by atoms with Crippen LogP contribution in [0.3, 0.4) is 0 Å². The van der Waals surface area contributed by atoms with Crippen molar-refractivity contribution in [1.29, 1.82) is 0 Å². The highest BCUT2D eigenvalue weighted by Crippen LogP contribution is 2.15. The first kappa shape index (κ1) is 13.2. The van der Waals surface area contributed by atoms with Gasteiger partial charge in [-0.1, -0.05) is 28.9 Å². The molecule has 1 heterocycles. The van der Waals surface area contributed by atoms with Gasteiger partial charge in [-0.05, 0) is 31.2 Å². The third-order valence-electron chi connectivity index (χ3n) is 2.48. The standard InChI is InChI=1S/C12H20BrNS/c1-10(2)14(8-11(3)7-13)9-12-5-4-6-15-12/h4-6,10-11H,7-9H2,1-3H3. The van der Waals surface area contributed by atoms with Crippen LogP contribution < -0.4 is 0 Å². The van der Waals surface area contributed by atoms with Crippen LogP contribution >= 0.6 is 27.3 Å². The summed E-state index contributed by atoms with van der Waals surface area (Å²) in [5, 5.41) is 3.24. The van der Waals surface area contributed by atoms with Crippen molar-refractivity contribution in [2.75, 3.05) is 11.9 Å². The number of nitrogens with zero attached hydrogens (tertiary/aromatic N) is 1. The SMILES string of the molecule is CC(CBr)CN(Cc1cccs1)C(C)C. The third-order valence-corrected chi connectivity index (χ3v) is 4.45. The minimum Gasteiger partial charge on any atom is -0.296 e. The average molecular weight is 290 g/mol. The predicted octanol–water partition coefficient (Wildman–Crippen LogP) is 3.99. The molecule has 0 amide bonds. The van der Waals surface area contributed by atoms with Gasteiger partial charge in [0, 0.05) is 29.3 Å². The molecule has 0 saturated carbocycles. The van der Waals surface area contributed by atoms with Gasteiger partial charge in [0.25, 0.3) is 0 Å². The first-order valence-electron chi connectivity index (χ1n) is 5.46. The molecule has 1 aromatic heterocycles. The van der Waals surface area contributed by atoms with E-state index in [-0.39, 0.29) is 0 Å². The maximum Gasteiger partial charge on any atom is 0.0330 e. The van der Waals surface area contributed by atoms with Crippen LogP contribution in [0.15, 0.2) is 17.5 Å². The Morgan fingerprint density at radius 1 is 1.40 bits per heavy atom. The highest BCUT2D eigenvalue weighted by molar-refractivity contribution is 9.09. The van der Waals surface area contributed by atoms with Crippen molar-refractivity contribution in [2.24, 2.45) is 5.92 Å². The van der Waals surface area contributed by atoms with E-state index >= 15 is 0 Å². The summed E-state index contributed by atoms with van der Waals surface area (Å²) in [7, 11) is 0. The second kappa shape index (κ2) is 6.66. The Morgan fingerprint density at radius 3 is 2.60 bits per heavy atom. The summed E-state index contributed by atoms with van der Waals surface area (Å²) >= 11 is 5.40. The lowest BCUT2D eigenvalue weighted by Crippen LogP contribution is -2.34. The van der Waals surface area contributed by atoms with Gasteiger partial charge in [0.05, 0.1) is 0 Å². The molecule has 1 nitrogen and oxygen atoms in total. The fourth-order valence-electron chi connectivity index (χ4n) is 1.51. The minimum atomic E-state index is 0.619. The summed E-state index contributed by atoms with van der Waals surface area (Å²) in [6.07, 6.45) is 0. The van der Waals surface area contributed by atoms with Gasteiger partial charge in [-0.3, -0.25) is 4.90 Å². The zero-order valence-electron chi connectivity index (χ0n) is 9.74. The lowest BCUT2D eigenvalue weighted by molar-refractivity contribution is 0.192. The summed E-state index contributed by atoms with van der Waals surface area (Å²) in [6, 6.07) is 4.97. The van der Waals surface area contributed by atoms with E-state index in [0.29, 0.717) is 12.0 Å². The molecule has 1 rings (SSSR count). The van der Waals surface area contributed by atoms with Crippen molar-refractivity contribution in [3.05, 3.63) is 22.4 Å². The molecule has 0 radical (unpaired) electrons. The molecule has 0 aliphatic heterocycles. The Hall–Kier alpha value is 0.140. The molecule has 0 spiro atoms. The van der Waals surface area contributed by atoms with Gasteiger partial charge in [0.2, 0.25) is 0 Å². The highest BCUT2D eigenvalue weighted by Gasteiger charge is 2.13. The Bertz CT molecular complexity index is 259. The van der Waals surface area contributed by atoms with Crippen LogP contribution in [0.5, 0.6) is 0 Å². The van der Waals surface area contributed by atoms with Crippen molar-refractivity contribution < 1.29 is 0 Å². The fourth-order valence-corrected chi connectivity index (χ4v) is 2.44. The van der Waals surface area contributed by atoms with Gasteiger partial charge < -0.3 is 0 Å². The number of alkyl halides is 1. The number of hydrogen-bond acceptors (Lipinski definition) is 2. The Morgan fingerprint density at radius 2 is 2.13 bits per heavy atom. The summed E-state index contributed by atoms with van der Waals surface area (Å²) in [5.74, 6) is 0.715. The van der Waals surface area contributed by atoms with E-state index in [1.807, 2.05) is 11.3 Å². The molecule has 1 unspecified atom stereocenters. The van der Waals surface area contributed by atoms with E-state index in [1.54, 1.807) is 0 Å². The van der Waals surface area contributed by atoms with Crippen molar-refractivity contribution in [2.45, 2.75) is 33.4 Å². The molecular weight excluding hydrogens is 270 g/mol. The second-order valence-electron chi connectivity index (χ2n) is 4.36. The molecule has 0 fully saturated rings. The summed E-state index contributed by atoms with van der Waals surface area (Å²) in [5.41, 5.74) is 0. The fraction of sp³-hybridized carbons (Fsp3) is 0.667. The molecule has 1 aromatic rings. The number of rotatable bonds is 6. The quantitative estimate of drug-likeness (QED) is 0.716. The van der Waals surface area contributed by atoms with E-state index in [2.05, 4.69) is 59.1 Å². The van der Waals surface area contributed by atoms with Crippen molar-refractivity contribution >= 4 is 27.3 Å². The molecule has 0 aliphatic carbocycles. The molecule has 0 saturated heterocycles. The van der Waals surface area contributed by atoms with Gasteiger partial charge in [0.1, 0.15) is 0 Å². The topological polar surface area (TPSA) is 3.24 Å². The van der Waals surface area contributed by atoms with Gasteiger partial charge in [-0.2, -0.15) is 0 Å². The van der Waals surface area contributed by atoms with Crippen LogP contribution in [0.1, 0.15) is 25.6 Å². The van der Waals surface area contributed by atoms with E-state index in [0.717, 1.165) is 11.9 Å². The first-order valence-corrected chi connectivity index (χ1v) is 7.46. The van der Waals surface area contributed by atoms with Gasteiger partial charge in [-0.15, -0.1) is 11.3 Å². The predicted molar refractivity (Wildman–Crippen MR) is 72.8 cm³/mol. The van der Waals surface area contributed by atoms with Crippen LogP contribution in [0, 0.1) is 5.92 Å². The van der Waals surface area contributed by atoms with Crippen LogP contribution in [0.25, 0.3) is 0 Å². The molecule has 0 bridgehead atoms. The molecule has 1 atom stereocenters. The van der Waals surface area contributed by atoms with Crippen LogP contribution in [0.2, 0.25) is 0 Å². The van der Waals surface area contributed by atoms with Gasteiger partial charge >= 0.3 is 0 Å². The van der Waals surface area contributed by atoms with E-state index in [4.69, 9.17) is 0 Å². The molecule has 0 aliphatic rings. The zero-order valence-corrected chi connectivity index (χ0v) is 12.1. The first-order chi connectivity index (χ1) is 7.13. The maximum atomic E-state index is 3.55. The normalized spacial score (nSPS) is 13.7. The minimum absolute atomic E-state index is 0.619. The number of halogens is 1. The third kappa shape index (κ3) is 4.66. The molecule has 15 heavy (non-hydrogen) atoms. The molecule has 0 aromatic carbocycles. The van der Waals surface area contributed by atoms with Crippen molar-refractivity contribution in [3.8, 4) is 0 Å². The maximum absolute atomic E-state index is 3.55. The Balaban J connectivity index is 2.51. The van der Waals surface area contributed by atoms with Gasteiger partial charge in [-0.25, -0.2) is 0 Å². The second-order valence-corrected chi connectivity index (χ2v) is 6.04. The molecule has 0 N–H and O–H groups in total. The lowest BCUT2D eigenvalue weighted by atomic mass is 10.2. The monoisotopic (exact) mass is 289 g/mol. The molecule has 86 valence electrons. The highest BCUT2D eigenvalue weighted by atomic mass is 79.9. The Labute approximate surface area is 106 Å². The van der Waals surface area contributed by atoms with Crippen molar-refractivity contribution in [3.63, 3.8) is 0 Å². The summed E-state index contributed by atoms with van der Waals surface area (Å²) in [6.45, 7) is 9.09. The smallest absolute Gasteiger partial charge is 0.0330 e. The Kier molecular flexibility index (Phi) is 5.87. The van der Waals surface area contributed by atoms with Gasteiger partial charge in [0.15, 0.2) is 0 Å². The molecule has 3 heteroatoms. The number of hydrogen-bond donors (Lipinski definition) is 0. The average Bonchev–Trinajstić information content (AvgIpc) is 2.69. The van der Waals surface area contributed by atoms with E-state index in [9.17, 15) is 0 Å². The van der Waals surface area contributed by atoms with Crippen LogP contribution in [-0.4, -0.2) is 22.8 Å². The lowest BCUT2D eigenvalue weighted by Gasteiger charge is -2.28. The van der Waals surface area contributed by atoms with Crippen LogP contribution in [-0.2, 0) is 6.54 Å². The number of thiophene rings is 1. The zero-order chi connectivity index (χ0) is 11.3. The summed E-state index contributed by atoms with van der Waals surface area (Å²) < 4.78 is 0. The molecular formula is C12H20BrNS. The van der Waals surface area contributed by atoms with E-state index in [1.165, 1.54) is 11.4 Å². The van der Waals surface area contributed by atoms with Crippen molar-refractivity contribution in [1.82, 2.24) is 4.90 Å². The summed E-state index contributed by atoms with van der Waals surface area (Å²) in [4.78, 5) is 4.00. The van der Waals surface area contributed by atoms with Crippen LogP contribution in [0.4, 0.5) is 0 Å². The van der Waals surface area contributed by atoms with E-state index < -0.39 is 0 Å². The largest absolute Gasteiger partial charge is 0.296 e.